The van der Waals surface area contributed by atoms with Crippen LogP contribution in [0.4, 0.5) is 13.2 Å². The normalized spacial score (nSPS) is 11.9. The number of hydrogen-bond donors (Lipinski definition) is 2. The summed E-state index contributed by atoms with van der Waals surface area (Å²) in [5, 5.41) is 6.25. The predicted molar refractivity (Wildman–Crippen MR) is 89.3 cm³/mol. The number of aliphatic imine (C=N–C) groups is 1. The molecule has 2 N–H and O–H groups in total. The molecule has 8 heteroatoms. The minimum atomic E-state index is -4.34. The van der Waals surface area contributed by atoms with Gasteiger partial charge in [-0.1, -0.05) is 18.2 Å². The minimum Gasteiger partial charge on any atom is -0.484 e. The van der Waals surface area contributed by atoms with E-state index >= 15 is 0 Å². The summed E-state index contributed by atoms with van der Waals surface area (Å²) in [6.45, 7) is -0.291. The van der Waals surface area contributed by atoms with Gasteiger partial charge in [0.05, 0.1) is 12.2 Å². The number of aromatic nitrogens is 1. The molecule has 1 aromatic carbocycles. The molecule has 0 aliphatic heterocycles. The Morgan fingerprint density at radius 1 is 1.08 bits per heavy atom. The highest BCUT2D eigenvalue weighted by Gasteiger charge is 2.28. The molecule has 0 unspecified atom stereocenters. The highest BCUT2D eigenvalue weighted by atomic mass is 19.4. The van der Waals surface area contributed by atoms with E-state index in [1.165, 1.54) is 12.1 Å². The Hall–Kier alpha value is -2.77. The Bertz CT molecular complexity index is 673. The van der Waals surface area contributed by atoms with Gasteiger partial charge in [0.15, 0.2) is 12.6 Å². The summed E-state index contributed by atoms with van der Waals surface area (Å²) in [7, 11) is 1.65. The average Bonchev–Trinajstić information content (AvgIpc) is 2.61. The van der Waals surface area contributed by atoms with Gasteiger partial charge in [-0.15, -0.1) is 0 Å². The summed E-state index contributed by atoms with van der Waals surface area (Å²) in [6, 6.07) is 12.1. The van der Waals surface area contributed by atoms with Crippen molar-refractivity contribution in [2.45, 2.75) is 19.3 Å². The van der Waals surface area contributed by atoms with Crippen LogP contribution in [0.15, 0.2) is 53.7 Å². The molecule has 25 heavy (non-hydrogen) atoms. The van der Waals surface area contributed by atoms with Crippen LogP contribution < -0.4 is 15.4 Å². The van der Waals surface area contributed by atoms with Gasteiger partial charge in [0.2, 0.25) is 0 Å². The zero-order chi connectivity index (χ0) is 18.1. The molecule has 0 saturated carbocycles. The van der Waals surface area contributed by atoms with Gasteiger partial charge in [-0.25, -0.2) is 0 Å². The summed E-state index contributed by atoms with van der Waals surface area (Å²) in [6.07, 6.45) is -2.62. The Labute approximate surface area is 144 Å². The molecule has 134 valence electrons. The van der Waals surface area contributed by atoms with Crippen LogP contribution in [0.3, 0.4) is 0 Å². The topological polar surface area (TPSA) is 58.5 Å². The van der Waals surface area contributed by atoms with E-state index in [-0.39, 0.29) is 5.75 Å². The fourth-order valence-electron chi connectivity index (χ4n) is 1.95. The first-order chi connectivity index (χ1) is 12.0. The van der Waals surface area contributed by atoms with E-state index in [2.05, 4.69) is 25.3 Å². The van der Waals surface area contributed by atoms with E-state index in [0.29, 0.717) is 19.0 Å². The molecule has 0 fully saturated rings. The number of alkyl halides is 3. The largest absolute Gasteiger partial charge is 0.484 e. The van der Waals surface area contributed by atoms with Crippen LogP contribution in [0.25, 0.3) is 0 Å². The molecule has 1 aromatic heterocycles. The van der Waals surface area contributed by atoms with Crippen molar-refractivity contribution < 1.29 is 17.9 Å². The van der Waals surface area contributed by atoms with E-state index in [9.17, 15) is 13.2 Å². The number of ether oxygens (including phenoxy) is 1. The fraction of sp³-hybridized carbons (Fsp3) is 0.294. The van der Waals surface area contributed by atoms with Gasteiger partial charge in [0, 0.05) is 19.8 Å². The van der Waals surface area contributed by atoms with Crippen LogP contribution in [0, 0.1) is 0 Å². The zero-order valence-electron chi connectivity index (χ0n) is 13.7. The fourth-order valence-corrected chi connectivity index (χ4v) is 1.95. The van der Waals surface area contributed by atoms with E-state index in [0.717, 1.165) is 11.3 Å². The summed E-state index contributed by atoms with van der Waals surface area (Å²) >= 11 is 0. The molecule has 1 heterocycles. The SMILES string of the molecule is CN=C(NCc1ccc(OCC(F)(F)F)cc1)NCc1ccccn1. The number of rotatable bonds is 6. The second-order valence-corrected chi connectivity index (χ2v) is 5.15. The first-order valence-electron chi connectivity index (χ1n) is 7.59. The Balaban J connectivity index is 1.79. The minimum absolute atomic E-state index is 0.179. The number of guanidine groups is 1. The van der Waals surface area contributed by atoms with Crippen LogP contribution in [0.2, 0.25) is 0 Å². The van der Waals surface area contributed by atoms with E-state index in [1.807, 2.05) is 18.2 Å². The Morgan fingerprint density at radius 2 is 1.80 bits per heavy atom. The van der Waals surface area contributed by atoms with Gasteiger partial charge in [0.25, 0.3) is 0 Å². The molecule has 0 atom stereocenters. The third-order valence-corrected chi connectivity index (χ3v) is 3.17. The monoisotopic (exact) mass is 352 g/mol. The van der Waals surface area contributed by atoms with Crippen molar-refractivity contribution >= 4 is 5.96 Å². The third-order valence-electron chi connectivity index (χ3n) is 3.17. The summed E-state index contributed by atoms with van der Waals surface area (Å²) in [5.74, 6) is 0.779. The maximum Gasteiger partial charge on any atom is 0.422 e. The van der Waals surface area contributed by atoms with Crippen LogP contribution >= 0.6 is 0 Å². The van der Waals surface area contributed by atoms with Gasteiger partial charge in [-0.2, -0.15) is 13.2 Å². The van der Waals surface area contributed by atoms with E-state index in [4.69, 9.17) is 0 Å². The van der Waals surface area contributed by atoms with Crippen LogP contribution in [-0.2, 0) is 13.1 Å². The summed E-state index contributed by atoms with van der Waals surface area (Å²) < 4.78 is 41.0. The van der Waals surface area contributed by atoms with Crippen LogP contribution in [0.5, 0.6) is 5.75 Å². The maximum absolute atomic E-state index is 12.1. The third kappa shape index (κ3) is 7.11. The van der Waals surface area contributed by atoms with Crippen molar-refractivity contribution in [2.75, 3.05) is 13.7 Å². The summed E-state index contributed by atoms with van der Waals surface area (Å²) in [4.78, 5) is 8.32. The second-order valence-electron chi connectivity index (χ2n) is 5.15. The molecule has 2 aromatic rings. The van der Waals surface area contributed by atoms with Gasteiger partial charge >= 0.3 is 6.18 Å². The van der Waals surface area contributed by atoms with Crippen molar-refractivity contribution in [3.05, 3.63) is 59.9 Å². The first-order valence-corrected chi connectivity index (χ1v) is 7.59. The maximum atomic E-state index is 12.1. The van der Waals surface area contributed by atoms with Crippen LogP contribution in [0.1, 0.15) is 11.3 Å². The lowest BCUT2D eigenvalue weighted by Gasteiger charge is -2.12. The molecule has 2 rings (SSSR count). The molecule has 0 saturated heterocycles. The molecule has 0 bridgehead atoms. The van der Waals surface area contributed by atoms with Gasteiger partial charge in [-0.3, -0.25) is 9.98 Å². The molecule has 0 radical (unpaired) electrons. The quantitative estimate of drug-likeness (QED) is 0.620. The van der Waals surface area contributed by atoms with Gasteiger partial charge in [-0.05, 0) is 29.8 Å². The van der Waals surface area contributed by atoms with Gasteiger partial charge < -0.3 is 15.4 Å². The smallest absolute Gasteiger partial charge is 0.422 e. The highest BCUT2D eigenvalue weighted by molar-refractivity contribution is 5.79. The zero-order valence-corrected chi connectivity index (χ0v) is 13.7. The summed E-state index contributed by atoms with van der Waals surface area (Å²) in [5.41, 5.74) is 1.77. The molecule has 5 nitrogen and oxygen atoms in total. The van der Waals surface area contributed by atoms with Crippen molar-refractivity contribution in [3.8, 4) is 5.75 Å². The molecule has 0 aliphatic carbocycles. The molecule has 0 spiro atoms. The van der Waals surface area contributed by atoms with E-state index in [1.54, 1.807) is 25.4 Å². The second kappa shape index (κ2) is 8.91. The number of halogens is 3. The highest BCUT2D eigenvalue weighted by Crippen LogP contribution is 2.18. The van der Waals surface area contributed by atoms with Crippen molar-refractivity contribution in [2.24, 2.45) is 4.99 Å². The number of hydrogen-bond acceptors (Lipinski definition) is 3. The van der Waals surface area contributed by atoms with Crippen molar-refractivity contribution in [1.29, 1.82) is 0 Å². The van der Waals surface area contributed by atoms with Crippen LogP contribution in [-0.4, -0.2) is 30.8 Å². The Morgan fingerprint density at radius 3 is 2.40 bits per heavy atom. The lowest BCUT2D eigenvalue weighted by atomic mass is 10.2. The molecular weight excluding hydrogens is 333 g/mol. The predicted octanol–water partition coefficient (Wildman–Crippen LogP) is 2.89. The number of pyridine rings is 1. The molecule has 0 amide bonds. The lowest BCUT2D eigenvalue weighted by Crippen LogP contribution is -2.36. The number of nitrogens with one attached hydrogen (secondary N) is 2. The van der Waals surface area contributed by atoms with E-state index < -0.39 is 12.8 Å². The number of nitrogens with zero attached hydrogens (tertiary/aromatic N) is 2. The van der Waals surface area contributed by atoms with Crippen molar-refractivity contribution in [1.82, 2.24) is 15.6 Å². The molecule has 0 aliphatic rings. The molecular formula is C17H19F3N4O. The standard InChI is InChI=1S/C17H19F3N4O/c1-21-16(24-11-14-4-2-3-9-22-14)23-10-13-5-7-15(8-6-13)25-12-17(18,19)20/h2-9H,10-12H2,1H3,(H2,21,23,24). The average molecular weight is 352 g/mol. The number of benzene rings is 1. The van der Waals surface area contributed by atoms with Crippen molar-refractivity contribution in [3.63, 3.8) is 0 Å². The lowest BCUT2D eigenvalue weighted by molar-refractivity contribution is -0.153. The Kier molecular flexibility index (Phi) is 6.62. The first kappa shape index (κ1) is 18.6. The van der Waals surface area contributed by atoms with Gasteiger partial charge in [0.1, 0.15) is 5.75 Å².